The average Bonchev–Trinajstić information content (AvgIpc) is 2.23. The number of phenols is 2. The van der Waals surface area contributed by atoms with Gasteiger partial charge in [-0.25, -0.2) is 0 Å². The zero-order valence-electron chi connectivity index (χ0n) is 9.05. The topological polar surface area (TPSA) is 124 Å². The van der Waals surface area contributed by atoms with E-state index >= 15 is 0 Å². The summed E-state index contributed by atoms with van der Waals surface area (Å²) in [7, 11) is -3.32. The molecule has 1 aromatic carbocycles. The molecule has 0 heterocycles. The molecule has 94 valence electrons. The summed E-state index contributed by atoms with van der Waals surface area (Å²) in [5.41, 5.74) is -0.680. The van der Waals surface area contributed by atoms with Gasteiger partial charge in [-0.2, -0.15) is 8.42 Å². The largest absolute Gasteiger partial charge is 0.504 e. The number of nitrogens with one attached hydrogen (secondary N) is 1. The lowest BCUT2D eigenvalue weighted by Gasteiger charge is -2.10. The molecule has 8 heteroatoms. The molecule has 0 atom stereocenters. The Hall–Kier alpha value is -1.80. The molecule has 0 aliphatic carbocycles. The number of rotatable bonds is 2. The second-order valence-corrected chi connectivity index (χ2v) is 4.69. The van der Waals surface area contributed by atoms with Crippen LogP contribution in [-0.4, -0.2) is 36.1 Å². The van der Waals surface area contributed by atoms with Crippen molar-refractivity contribution in [2.75, 3.05) is 7.05 Å². The van der Waals surface area contributed by atoms with Crippen molar-refractivity contribution in [1.29, 1.82) is 0 Å². The van der Waals surface area contributed by atoms with Crippen molar-refractivity contribution in [3.8, 4) is 11.5 Å². The van der Waals surface area contributed by atoms with Gasteiger partial charge in [-0.3, -0.25) is 9.35 Å². The second-order valence-electron chi connectivity index (χ2n) is 3.30. The van der Waals surface area contributed by atoms with Gasteiger partial charge in [-0.05, 0) is 13.0 Å². The summed E-state index contributed by atoms with van der Waals surface area (Å²) in [4.78, 5) is 10.7. The van der Waals surface area contributed by atoms with Gasteiger partial charge in [0.05, 0.1) is 5.56 Å². The molecule has 1 aromatic rings. The Balaban J connectivity index is 3.68. The highest BCUT2D eigenvalue weighted by Gasteiger charge is 2.24. The Bertz CT molecular complexity index is 578. The van der Waals surface area contributed by atoms with Crippen molar-refractivity contribution >= 4 is 16.0 Å². The Morgan fingerprint density at radius 1 is 1.29 bits per heavy atom. The van der Waals surface area contributed by atoms with Crippen LogP contribution in [0.2, 0.25) is 0 Å². The van der Waals surface area contributed by atoms with Gasteiger partial charge in [0.1, 0.15) is 4.90 Å². The molecule has 0 aliphatic rings. The van der Waals surface area contributed by atoms with Gasteiger partial charge < -0.3 is 15.5 Å². The van der Waals surface area contributed by atoms with Gasteiger partial charge >= 0.3 is 0 Å². The standard InChI is InChI=1S/C9H11NO6S/c1-4-6(17(14,15)16)3-5(9(13)10-2)8(12)7(4)11/h3,11-12H,1-2H3,(H,10,13)(H,14,15,16). The number of amides is 1. The first-order chi connectivity index (χ1) is 7.70. The third kappa shape index (κ3) is 2.32. The summed E-state index contributed by atoms with van der Waals surface area (Å²) in [5, 5.41) is 21.1. The van der Waals surface area contributed by atoms with Crippen LogP contribution in [0.4, 0.5) is 0 Å². The van der Waals surface area contributed by atoms with Gasteiger partial charge in [-0.1, -0.05) is 0 Å². The fourth-order valence-corrected chi connectivity index (χ4v) is 2.06. The van der Waals surface area contributed by atoms with Crippen LogP contribution in [0.5, 0.6) is 11.5 Å². The van der Waals surface area contributed by atoms with Crippen LogP contribution >= 0.6 is 0 Å². The third-order valence-electron chi connectivity index (χ3n) is 2.23. The summed E-state index contributed by atoms with van der Waals surface area (Å²) < 4.78 is 30.9. The quantitative estimate of drug-likeness (QED) is 0.439. The second kappa shape index (κ2) is 4.22. The number of hydrogen-bond donors (Lipinski definition) is 4. The molecule has 4 N–H and O–H groups in total. The van der Waals surface area contributed by atoms with Crippen molar-refractivity contribution in [3.05, 3.63) is 17.2 Å². The lowest BCUT2D eigenvalue weighted by molar-refractivity contribution is 0.0959. The number of hydrogen-bond acceptors (Lipinski definition) is 5. The fraction of sp³-hybridized carbons (Fsp3) is 0.222. The highest BCUT2D eigenvalue weighted by molar-refractivity contribution is 7.85. The van der Waals surface area contributed by atoms with E-state index in [1.807, 2.05) is 0 Å². The minimum atomic E-state index is -4.59. The summed E-state index contributed by atoms with van der Waals surface area (Å²) in [6.45, 7) is 1.19. The van der Waals surface area contributed by atoms with Gasteiger partial charge in [0.2, 0.25) is 0 Å². The van der Waals surface area contributed by atoms with Crippen molar-refractivity contribution < 1.29 is 28.0 Å². The highest BCUT2D eigenvalue weighted by Crippen LogP contribution is 2.36. The van der Waals surface area contributed by atoms with Crippen LogP contribution in [0.15, 0.2) is 11.0 Å². The van der Waals surface area contributed by atoms with E-state index in [4.69, 9.17) is 4.55 Å². The minimum absolute atomic E-state index is 0.238. The molecule has 7 nitrogen and oxygen atoms in total. The van der Waals surface area contributed by atoms with Crippen molar-refractivity contribution in [2.45, 2.75) is 11.8 Å². The number of phenolic OH excluding ortho intramolecular Hbond substituents is 2. The first-order valence-corrected chi connectivity index (χ1v) is 5.89. The smallest absolute Gasteiger partial charge is 0.294 e. The lowest BCUT2D eigenvalue weighted by Crippen LogP contribution is -2.19. The molecule has 0 saturated heterocycles. The van der Waals surface area contributed by atoms with E-state index in [1.165, 1.54) is 14.0 Å². The predicted molar refractivity (Wildman–Crippen MR) is 57.7 cm³/mol. The van der Waals surface area contributed by atoms with E-state index in [-0.39, 0.29) is 5.56 Å². The molecule has 0 unspecified atom stereocenters. The van der Waals surface area contributed by atoms with Crippen LogP contribution in [0.25, 0.3) is 0 Å². The van der Waals surface area contributed by atoms with E-state index in [2.05, 4.69) is 5.32 Å². The van der Waals surface area contributed by atoms with Crippen LogP contribution in [0.3, 0.4) is 0 Å². The Kier molecular flexibility index (Phi) is 3.30. The number of aromatic hydroxyl groups is 2. The Morgan fingerprint density at radius 3 is 2.24 bits per heavy atom. The summed E-state index contributed by atoms with van der Waals surface area (Å²) >= 11 is 0. The normalized spacial score (nSPS) is 11.2. The average molecular weight is 261 g/mol. The van der Waals surface area contributed by atoms with Crippen LogP contribution in [-0.2, 0) is 10.1 Å². The van der Waals surface area contributed by atoms with Gasteiger partial charge in [0, 0.05) is 12.6 Å². The van der Waals surface area contributed by atoms with E-state index in [0.29, 0.717) is 0 Å². The fourth-order valence-electron chi connectivity index (χ4n) is 1.31. The highest BCUT2D eigenvalue weighted by atomic mass is 32.2. The summed E-state index contributed by atoms with van der Waals surface area (Å²) in [5.74, 6) is -2.30. The van der Waals surface area contributed by atoms with E-state index in [9.17, 15) is 23.4 Å². The van der Waals surface area contributed by atoms with Crippen molar-refractivity contribution in [2.24, 2.45) is 0 Å². The molecule has 0 radical (unpaired) electrons. The molecular weight excluding hydrogens is 250 g/mol. The Morgan fingerprint density at radius 2 is 1.82 bits per heavy atom. The number of carbonyl (C=O) groups is 1. The van der Waals surface area contributed by atoms with Crippen LogP contribution in [0, 0.1) is 6.92 Å². The number of carbonyl (C=O) groups excluding carboxylic acids is 1. The predicted octanol–water partition coefficient (Wildman–Crippen LogP) is 0.0125. The van der Waals surface area contributed by atoms with Crippen LogP contribution in [0.1, 0.15) is 15.9 Å². The molecule has 1 amide bonds. The van der Waals surface area contributed by atoms with Gasteiger partial charge in [-0.15, -0.1) is 0 Å². The molecule has 0 bridgehead atoms. The lowest BCUT2D eigenvalue weighted by atomic mass is 10.1. The first kappa shape index (κ1) is 13.3. The maximum absolute atomic E-state index is 11.3. The van der Waals surface area contributed by atoms with Gasteiger partial charge in [0.15, 0.2) is 11.5 Å². The molecule has 0 fully saturated rings. The third-order valence-corrected chi connectivity index (χ3v) is 3.21. The molecule has 17 heavy (non-hydrogen) atoms. The zero-order valence-corrected chi connectivity index (χ0v) is 9.87. The molecular formula is C9H11NO6S. The van der Waals surface area contributed by atoms with Crippen LogP contribution < -0.4 is 5.32 Å². The number of benzene rings is 1. The molecule has 0 aromatic heterocycles. The maximum Gasteiger partial charge on any atom is 0.294 e. The molecule has 0 aliphatic heterocycles. The summed E-state index contributed by atoms with van der Waals surface area (Å²) in [6, 6.07) is 0.790. The Labute approximate surface area is 97.5 Å². The first-order valence-electron chi connectivity index (χ1n) is 4.45. The van der Waals surface area contributed by atoms with Gasteiger partial charge in [0.25, 0.3) is 16.0 Å². The van der Waals surface area contributed by atoms with E-state index in [1.54, 1.807) is 0 Å². The van der Waals surface area contributed by atoms with Crippen molar-refractivity contribution in [1.82, 2.24) is 5.32 Å². The SMILES string of the molecule is CNC(=O)c1cc(S(=O)(=O)O)c(C)c(O)c1O. The maximum atomic E-state index is 11.3. The molecule has 0 spiro atoms. The summed E-state index contributed by atoms with van der Waals surface area (Å²) in [6.07, 6.45) is 0. The van der Waals surface area contributed by atoms with Crippen molar-refractivity contribution in [3.63, 3.8) is 0 Å². The molecule has 0 saturated carbocycles. The van der Waals surface area contributed by atoms with E-state index < -0.39 is 38.0 Å². The molecule has 1 rings (SSSR count). The zero-order chi connectivity index (χ0) is 13.4. The monoisotopic (exact) mass is 261 g/mol. The van der Waals surface area contributed by atoms with E-state index in [0.717, 1.165) is 6.07 Å². The minimum Gasteiger partial charge on any atom is -0.504 e.